The van der Waals surface area contributed by atoms with Gasteiger partial charge in [0.2, 0.25) is 5.88 Å². The number of nitro benzene ring substituents is 1. The van der Waals surface area contributed by atoms with E-state index in [1.165, 1.54) is 23.3 Å². The van der Waals surface area contributed by atoms with Gasteiger partial charge in [-0.15, -0.1) is 0 Å². The first-order valence-corrected chi connectivity index (χ1v) is 27.8. The summed E-state index contributed by atoms with van der Waals surface area (Å²) >= 11 is 0. The van der Waals surface area contributed by atoms with Crippen molar-refractivity contribution < 1.29 is 37.5 Å². The second-order valence-corrected chi connectivity index (χ2v) is 23.8. The molecule has 4 N–H and O–H groups in total. The molecule has 1 amide bonds. The largest absolute Gasteiger partial charge is 0.468 e. The Morgan fingerprint density at radius 3 is 2.51 bits per heavy atom. The third kappa shape index (κ3) is 9.88. The maximum atomic E-state index is 14.7. The first kappa shape index (κ1) is 49.4. The Balaban J connectivity index is 0.865. The highest BCUT2D eigenvalue weighted by Crippen LogP contribution is 2.54. The number of nitrogens with one attached hydrogen (secondary N) is 3. The van der Waals surface area contributed by atoms with Crippen LogP contribution in [0.3, 0.4) is 0 Å². The van der Waals surface area contributed by atoms with Crippen LogP contribution >= 0.6 is 0 Å². The van der Waals surface area contributed by atoms with Gasteiger partial charge in [0.05, 0.1) is 52.0 Å². The highest BCUT2D eigenvalue weighted by Gasteiger charge is 2.50. The van der Waals surface area contributed by atoms with Crippen LogP contribution in [-0.4, -0.2) is 116 Å². The molecule has 6 aliphatic rings. The zero-order valence-electron chi connectivity index (χ0n) is 42.1. The van der Waals surface area contributed by atoms with Crippen molar-refractivity contribution >= 4 is 55.4 Å². The molecule has 388 valence electrons. The number of H-pyrrole nitrogens is 1. The van der Waals surface area contributed by atoms with E-state index in [0.717, 1.165) is 88.3 Å². The van der Waals surface area contributed by atoms with Gasteiger partial charge < -0.3 is 39.4 Å². The smallest absolute Gasteiger partial charge is 0.293 e. The molecule has 0 unspecified atom stereocenters. The minimum Gasteiger partial charge on any atom is -0.468 e. The molecule has 2 aliphatic carbocycles. The third-order valence-electron chi connectivity index (χ3n) is 16.9. The Morgan fingerprint density at radius 2 is 1.73 bits per heavy atom. The Labute approximate surface area is 427 Å². The monoisotopic (exact) mass is 1020 g/mol. The van der Waals surface area contributed by atoms with Gasteiger partial charge in [-0.05, 0) is 142 Å². The van der Waals surface area contributed by atoms with E-state index >= 15 is 0 Å². The number of amides is 1. The van der Waals surface area contributed by atoms with Crippen LogP contribution < -0.4 is 24.6 Å². The van der Waals surface area contributed by atoms with E-state index in [0.29, 0.717) is 80.5 Å². The first-order chi connectivity index (χ1) is 35.1. The van der Waals surface area contributed by atoms with E-state index in [1.807, 2.05) is 37.4 Å². The van der Waals surface area contributed by atoms with Gasteiger partial charge in [0, 0.05) is 68.8 Å². The molecule has 11 rings (SSSR count). The van der Waals surface area contributed by atoms with Crippen LogP contribution in [0.5, 0.6) is 5.88 Å². The molecule has 2 saturated carbocycles. The van der Waals surface area contributed by atoms with Gasteiger partial charge in [0.25, 0.3) is 21.6 Å². The number of hydrogen-bond donors (Lipinski definition) is 4. The fourth-order valence-corrected chi connectivity index (χ4v) is 13.7. The molecule has 17 nitrogen and oxygen atoms in total. The number of fused-ring (bicyclic) bond motifs is 3. The number of aromatic amines is 1. The fourth-order valence-electron chi connectivity index (χ4n) is 12.7. The second-order valence-electron chi connectivity index (χ2n) is 22.1. The van der Waals surface area contributed by atoms with E-state index in [4.69, 9.17) is 19.2 Å². The number of nitrogens with zero attached hydrogens (tertiary/aromatic N) is 5. The van der Waals surface area contributed by atoms with E-state index < -0.39 is 43.1 Å². The van der Waals surface area contributed by atoms with Gasteiger partial charge in [-0.25, -0.2) is 13.1 Å². The molecular weight excluding hydrogens is 949 g/mol. The van der Waals surface area contributed by atoms with Gasteiger partial charge in [0.15, 0.2) is 0 Å². The maximum Gasteiger partial charge on any atom is 0.293 e. The Morgan fingerprint density at radius 1 is 0.945 bits per heavy atom. The Kier molecular flexibility index (Phi) is 13.4. The van der Waals surface area contributed by atoms with E-state index in [-0.39, 0.29) is 34.7 Å². The summed E-state index contributed by atoms with van der Waals surface area (Å²) in [4.78, 5) is 41.3. The number of benzene rings is 3. The molecule has 6 heterocycles. The summed E-state index contributed by atoms with van der Waals surface area (Å²) < 4.78 is 49.3. The number of nitro groups is 1. The SMILES string of the molecule is CC(C)c1ccccc1[C@@H]1COCCCN1C1CC2(CCN(c3ccc(C(=O)NS(=O)(=O)c4ccc(NC[C@H]5CC[C@](C)(O)CC5)c([N+](=O)[O-])c4)c(N4c5cc6cc[nH]c6nc5O[C@H]5COCC[C@@H]54)c3)CC2)C1. The van der Waals surface area contributed by atoms with Gasteiger partial charge in [0.1, 0.15) is 23.1 Å². The van der Waals surface area contributed by atoms with E-state index in [1.54, 1.807) is 6.07 Å². The number of rotatable bonds is 12. The van der Waals surface area contributed by atoms with Gasteiger partial charge >= 0.3 is 0 Å². The zero-order valence-corrected chi connectivity index (χ0v) is 42.9. The molecule has 4 aliphatic heterocycles. The lowest BCUT2D eigenvalue weighted by molar-refractivity contribution is -0.384. The first-order valence-electron chi connectivity index (χ1n) is 26.3. The molecule has 0 bridgehead atoms. The number of aromatic nitrogens is 2. The summed E-state index contributed by atoms with van der Waals surface area (Å²) in [7, 11) is -4.62. The summed E-state index contributed by atoms with van der Waals surface area (Å²) in [6.07, 6.45) is 10.1. The number of pyridine rings is 1. The van der Waals surface area contributed by atoms with Crippen molar-refractivity contribution in [3.05, 3.63) is 106 Å². The van der Waals surface area contributed by atoms with Crippen LogP contribution in [-0.2, 0) is 19.5 Å². The van der Waals surface area contributed by atoms with Crippen molar-refractivity contribution in [3.63, 3.8) is 0 Å². The molecule has 3 atom stereocenters. The minimum absolute atomic E-state index is 0.115. The summed E-state index contributed by atoms with van der Waals surface area (Å²) in [5.41, 5.74) is 4.88. The predicted molar refractivity (Wildman–Crippen MR) is 279 cm³/mol. The average Bonchev–Trinajstić information content (AvgIpc) is 3.70. The van der Waals surface area contributed by atoms with Crippen molar-refractivity contribution in [2.75, 3.05) is 67.7 Å². The maximum absolute atomic E-state index is 14.7. The number of carbonyl (C=O) groups excluding carboxylic acids is 1. The number of ether oxygens (including phenoxy) is 3. The van der Waals surface area contributed by atoms with Crippen molar-refractivity contribution in [2.45, 2.75) is 126 Å². The number of sulfonamides is 1. The summed E-state index contributed by atoms with van der Waals surface area (Å²) in [6.45, 7) is 11.7. The molecule has 18 heteroatoms. The van der Waals surface area contributed by atoms with Crippen molar-refractivity contribution in [2.24, 2.45) is 11.3 Å². The van der Waals surface area contributed by atoms with Crippen LogP contribution in [0, 0.1) is 21.4 Å². The quantitative estimate of drug-likeness (QED) is 0.0681. The average molecular weight is 1020 g/mol. The zero-order chi connectivity index (χ0) is 50.6. The third-order valence-corrected chi connectivity index (χ3v) is 18.2. The predicted octanol–water partition coefficient (Wildman–Crippen LogP) is 8.97. The van der Waals surface area contributed by atoms with Crippen molar-refractivity contribution in [3.8, 4) is 5.88 Å². The molecule has 5 aromatic rings. The number of hydrogen-bond acceptors (Lipinski definition) is 14. The number of carbonyl (C=O) groups is 1. The highest BCUT2D eigenvalue weighted by atomic mass is 32.2. The van der Waals surface area contributed by atoms with Crippen LogP contribution in [0.15, 0.2) is 83.9 Å². The minimum atomic E-state index is -4.62. The lowest BCUT2D eigenvalue weighted by Gasteiger charge is -2.56. The van der Waals surface area contributed by atoms with Gasteiger partial charge in [-0.1, -0.05) is 38.1 Å². The fraction of sp³-hybridized carbons (Fsp3) is 0.527. The standard InChI is InChI=1S/C55H68N8O9S/c1-35(2)41-7-4-5-8-42(41)49-33-70-25-6-22-61(49)39-30-55(31-39)19-23-60(24-20-55)38-9-11-43(46(28-38)62-45-16-26-71-34-50(45)72-53-48(62)27-37-15-21-56-51(37)58-53)52(64)59-73(68,69)40-10-12-44(47(29-40)63(66)67)57-32-36-13-17-54(3,65)18-14-36/h4-5,7-12,15,21,27-29,35-36,39,45,49-50,57,65H,6,13-14,16-20,22-26,30-34H2,1-3H3,(H,56,58)(H,59,64)/t36-,45-,49-,50-,54-/m0/s1. The Bertz CT molecular complexity index is 2970. The molecule has 5 fully saturated rings. The lowest BCUT2D eigenvalue weighted by atomic mass is 9.59. The van der Waals surface area contributed by atoms with Crippen molar-refractivity contribution in [1.29, 1.82) is 0 Å². The molecule has 1 spiro atoms. The molecule has 73 heavy (non-hydrogen) atoms. The molecule has 3 saturated heterocycles. The number of piperidine rings is 1. The topological polar surface area (TPSA) is 205 Å². The van der Waals surface area contributed by atoms with E-state index in [9.17, 15) is 28.4 Å². The summed E-state index contributed by atoms with van der Waals surface area (Å²) in [6, 6.07) is 22.5. The Hall–Kier alpha value is -5.79. The van der Waals surface area contributed by atoms with Crippen molar-refractivity contribution in [1.82, 2.24) is 19.6 Å². The van der Waals surface area contributed by atoms with Crippen LogP contribution in [0.2, 0.25) is 0 Å². The normalized spacial score (nSPS) is 25.6. The van der Waals surface area contributed by atoms with Crippen LogP contribution in [0.25, 0.3) is 11.0 Å². The highest BCUT2D eigenvalue weighted by molar-refractivity contribution is 7.90. The summed E-state index contributed by atoms with van der Waals surface area (Å²) in [5, 5.41) is 26.8. The molecule has 2 aromatic heterocycles. The van der Waals surface area contributed by atoms with Gasteiger partial charge in [-0.2, -0.15) is 4.98 Å². The molecule has 3 aromatic carbocycles. The van der Waals surface area contributed by atoms with Crippen LogP contribution in [0.1, 0.15) is 118 Å². The second kappa shape index (κ2) is 19.8. The lowest BCUT2D eigenvalue weighted by Crippen LogP contribution is -2.56. The molecule has 0 radical (unpaired) electrons. The van der Waals surface area contributed by atoms with Crippen LogP contribution in [0.4, 0.5) is 28.4 Å². The number of aliphatic hydroxyl groups is 1. The van der Waals surface area contributed by atoms with Gasteiger partial charge in [-0.3, -0.25) is 19.8 Å². The molecular formula is C55H68N8O9S. The number of anilines is 4. The summed E-state index contributed by atoms with van der Waals surface area (Å²) in [5.74, 6) is 0.113. The van der Waals surface area contributed by atoms with E-state index in [2.05, 4.69) is 67.8 Å².